The van der Waals surface area contributed by atoms with Crippen LogP contribution in [-0.2, 0) is 22.3 Å². The number of nitrogens with zero attached hydrogens (tertiary/aromatic N) is 3. The van der Waals surface area contributed by atoms with Crippen LogP contribution in [0.4, 0.5) is 18.9 Å². The van der Waals surface area contributed by atoms with Gasteiger partial charge in [-0.3, -0.25) is 9.59 Å². The number of carbonyl (C=O) groups excluding carboxylic acids is 2. The maximum absolute atomic E-state index is 12.9. The van der Waals surface area contributed by atoms with E-state index in [1.165, 1.54) is 23.4 Å². The Morgan fingerprint density at radius 1 is 1.25 bits per heavy atom. The highest BCUT2D eigenvalue weighted by atomic mass is 19.4. The number of halogens is 3. The number of hydrogen-bond donors (Lipinski definition) is 1. The Kier molecular flexibility index (Phi) is 5.68. The van der Waals surface area contributed by atoms with E-state index in [-0.39, 0.29) is 31.3 Å². The van der Waals surface area contributed by atoms with Crippen molar-refractivity contribution in [2.24, 2.45) is 5.92 Å². The number of hydrogen-bond acceptors (Lipinski definition) is 5. The van der Waals surface area contributed by atoms with Gasteiger partial charge in [-0.1, -0.05) is 18.2 Å². The summed E-state index contributed by atoms with van der Waals surface area (Å²) in [5.74, 6) is -0.918. The van der Waals surface area contributed by atoms with Crippen LogP contribution in [0.2, 0.25) is 0 Å². The zero-order valence-corrected chi connectivity index (χ0v) is 17.0. The number of benzene rings is 2. The van der Waals surface area contributed by atoms with E-state index in [2.05, 4.69) is 15.5 Å². The van der Waals surface area contributed by atoms with Crippen LogP contribution in [0.1, 0.15) is 23.1 Å². The topological polar surface area (TPSA) is 88.3 Å². The average Bonchev–Trinajstić information content (AvgIpc) is 3.40. The Morgan fingerprint density at radius 3 is 2.78 bits per heavy atom. The van der Waals surface area contributed by atoms with E-state index in [4.69, 9.17) is 4.42 Å². The van der Waals surface area contributed by atoms with Crippen LogP contribution in [0.5, 0.6) is 0 Å². The van der Waals surface area contributed by atoms with Crippen LogP contribution in [0.3, 0.4) is 0 Å². The van der Waals surface area contributed by atoms with E-state index >= 15 is 0 Å². The van der Waals surface area contributed by atoms with Gasteiger partial charge in [0.2, 0.25) is 24.1 Å². The predicted octanol–water partition coefficient (Wildman–Crippen LogP) is 4.05. The van der Waals surface area contributed by atoms with Crippen LogP contribution in [-0.4, -0.2) is 33.5 Å². The Balaban J connectivity index is 1.43. The lowest BCUT2D eigenvalue weighted by molar-refractivity contribution is -0.137. The molecule has 1 fully saturated rings. The van der Waals surface area contributed by atoms with Crippen molar-refractivity contribution in [3.8, 4) is 11.5 Å². The highest BCUT2D eigenvalue weighted by molar-refractivity contribution is 5.98. The lowest BCUT2D eigenvalue weighted by Gasteiger charge is -2.18. The molecule has 0 bridgehead atoms. The number of aryl methyl sites for hydroxylation is 1. The summed E-state index contributed by atoms with van der Waals surface area (Å²) in [5.41, 5.74) is 1.59. The molecule has 166 valence electrons. The summed E-state index contributed by atoms with van der Waals surface area (Å²) in [6.07, 6.45) is -3.26. The summed E-state index contributed by atoms with van der Waals surface area (Å²) in [5, 5.41) is 10.3. The lowest BCUT2D eigenvalue weighted by atomic mass is 10.1. The largest absolute Gasteiger partial charge is 0.423 e. The highest BCUT2D eigenvalue weighted by Crippen LogP contribution is 2.31. The molecule has 2 amide bonds. The summed E-state index contributed by atoms with van der Waals surface area (Å²) in [4.78, 5) is 26.6. The fraction of sp³-hybridized carbons (Fsp3) is 0.273. The molecule has 32 heavy (non-hydrogen) atoms. The van der Waals surface area contributed by atoms with Crippen molar-refractivity contribution >= 4 is 17.5 Å². The van der Waals surface area contributed by atoms with E-state index in [1.807, 2.05) is 6.92 Å². The maximum atomic E-state index is 12.9. The standard InChI is InChI=1S/C22H19F3N4O3/c1-13-5-6-15(21-28-26-12-32-21)8-18(13)27-20(31)16-9-19(30)29(11-16)10-14-3-2-4-17(7-14)22(23,24)25/h2-8,12,16H,9-11H2,1H3,(H,27,31). The van der Waals surface area contributed by atoms with Gasteiger partial charge < -0.3 is 14.6 Å². The molecule has 7 nitrogen and oxygen atoms in total. The maximum Gasteiger partial charge on any atom is 0.416 e. The van der Waals surface area contributed by atoms with E-state index in [9.17, 15) is 22.8 Å². The predicted molar refractivity (Wildman–Crippen MR) is 108 cm³/mol. The minimum atomic E-state index is -4.46. The molecule has 10 heteroatoms. The third-order valence-electron chi connectivity index (χ3n) is 5.32. The second kappa shape index (κ2) is 8.45. The van der Waals surface area contributed by atoms with E-state index < -0.39 is 17.7 Å². The molecule has 4 rings (SSSR count). The average molecular weight is 444 g/mol. The molecule has 2 aromatic carbocycles. The molecule has 1 aliphatic rings. The summed E-state index contributed by atoms with van der Waals surface area (Å²) in [6, 6.07) is 10.1. The minimum Gasteiger partial charge on any atom is -0.423 e. The molecule has 1 atom stereocenters. The number of alkyl halides is 3. The van der Waals surface area contributed by atoms with Crippen molar-refractivity contribution in [3.05, 3.63) is 65.5 Å². The summed E-state index contributed by atoms with van der Waals surface area (Å²) < 4.78 is 44.0. The Hall–Kier alpha value is -3.69. The number of nitrogens with one attached hydrogen (secondary N) is 1. The molecule has 0 radical (unpaired) electrons. The zero-order valence-electron chi connectivity index (χ0n) is 17.0. The summed E-state index contributed by atoms with van der Waals surface area (Å²) in [7, 11) is 0. The number of amides is 2. The molecule has 1 unspecified atom stereocenters. The number of aromatic nitrogens is 2. The van der Waals surface area contributed by atoms with Gasteiger partial charge >= 0.3 is 6.18 Å². The second-order valence-corrected chi connectivity index (χ2v) is 7.64. The first-order valence-electron chi connectivity index (χ1n) is 9.82. The van der Waals surface area contributed by atoms with Gasteiger partial charge in [-0.15, -0.1) is 10.2 Å². The normalized spacial score (nSPS) is 16.4. The van der Waals surface area contributed by atoms with Crippen molar-refractivity contribution in [3.63, 3.8) is 0 Å². The Labute approximate surface area is 181 Å². The molecule has 1 saturated heterocycles. The fourth-order valence-corrected chi connectivity index (χ4v) is 3.59. The van der Waals surface area contributed by atoms with E-state index in [0.29, 0.717) is 22.7 Å². The quantitative estimate of drug-likeness (QED) is 0.642. The number of anilines is 1. The molecule has 0 aliphatic carbocycles. The first-order chi connectivity index (χ1) is 15.2. The number of rotatable bonds is 5. The third-order valence-corrected chi connectivity index (χ3v) is 5.32. The molecule has 1 aromatic heterocycles. The Bertz CT molecular complexity index is 1150. The Morgan fingerprint density at radius 2 is 2.06 bits per heavy atom. The van der Waals surface area contributed by atoms with Gasteiger partial charge in [0.1, 0.15) is 0 Å². The SMILES string of the molecule is Cc1ccc(-c2nnco2)cc1NC(=O)C1CC(=O)N(Cc2cccc(C(F)(F)F)c2)C1. The second-order valence-electron chi connectivity index (χ2n) is 7.64. The molecule has 0 saturated carbocycles. The van der Waals surface area contributed by atoms with Gasteiger partial charge in [-0.25, -0.2) is 0 Å². The molecule has 1 N–H and O–H groups in total. The van der Waals surface area contributed by atoms with Crippen LogP contribution < -0.4 is 5.32 Å². The number of likely N-dealkylation sites (tertiary alicyclic amines) is 1. The molecule has 1 aliphatic heterocycles. The molecular weight excluding hydrogens is 425 g/mol. The first kappa shape index (κ1) is 21.5. The zero-order chi connectivity index (χ0) is 22.9. The fourth-order valence-electron chi connectivity index (χ4n) is 3.59. The molecule has 0 spiro atoms. The van der Waals surface area contributed by atoms with Gasteiger partial charge in [0.15, 0.2) is 0 Å². The summed E-state index contributed by atoms with van der Waals surface area (Å²) in [6.45, 7) is 1.97. The van der Waals surface area contributed by atoms with Gasteiger partial charge in [-0.2, -0.15) is 13.2 Å². The first-order valence-corrected chi connectivity index (χ1v) is 9.82. The lowest BCUT2D eigenvalue weighted by Crippen LogP contribution is -2.28. The van der Waals surface area contributed by atoms with Gasteiger partial charge in [0.05, 0.1) is 11.5 Å². The van der Waals surface area contributed by atoms with Crippen LogP contribution in [0, 0.1) is 12.8 Å². The van der Waals surface area contributed by atoms with Gasteiger partial charge in [0.25, 0.3) is 0 Å². The van der Waals surface area contributed by atoms with Gasteiger partial charge in [-0.05, 0) is 42.3 Å². The molecule has 2 heterocycles. The van der Waals surface area contributed by atoms with Crippen LogP contribution >= 0.6 is 0 Å². The molecule has 3 aromatic rings. The van der Waals surface area contributed by atoms with Crippen LogP contribution in [0.25, 0.3) is 11.5 Å². The van der Waals surface area contributed by atoms with Crippen LogP contribution in [0.15, 0.2) is 53.3 Å². The van der Waals surface area contributed by atoms with Crippen molar-refractivity contribution in [2.45, 2.75) is 26.1 Å². The summed E-state index contributed by atoms with van der Waals surface area (Å²) >= 11 is 0. The van der Waals surface area contributed by atoms with Crippen molar-refractivity contribution in [2.75, 3.05) is 11.9 Å². The van der Waals surface area contributed by atoms with E-state index in [0.717, 1.165) is 17.7 Å². The van der Waals surface area contributed by atoms with Crippen molar-refractivity contribution in [1.82, 2.24) is 15.1 Å². The van der Waals surface area contributed by atoms with Crippen molar-refractivity contribution in [1.29, 1.82) is 0 Å². The minimum absolute atomic E-state index is 0.00675. The van der Waals surface area contributed by atoms with Gasteiger partial charge in [0, 0.05) is 30.8 Å². The molecular formula is C22H19F3N4O3. The van der Waals surface area contributed by atoms with E-state index in [1.54, 1.807) is 18.2 Å². The highest BCUT2D eigenvalue weighted by Gasteiger charge is 2.35. The monoisotopic (exact) mass is 444 g/mol. The number of carbonyl (C=O) groups is 2. The van der Waals surface area contributed by atoms with Crippen molar-refractivity contribution < 1.29 is 27.2 Å². The smallest absolute Gasteiger partial charge is 0.416 e. The third kappa shape index (κ3) is 4.63.